The summed E-state index contributed by atoms with van der Waals surface area (Å²) in [5.74, 6) is 5.74. The third-order valence-corrected chi connectivity index (χ3v) is 2.66. The molecular formula is C11H16N4O2. The van der Waals surface area contributed by atoms with Gasteiger partial charge in [-0.15, -0.1) is 0 Å². The number of nitrogens with one attached hydrogen (secondary N) is 1. The van der Waals surface area contributed by atoms with E-state index in [2.05, 4.69) is 10.3 Å². The fraction of sp³-hybridized carbons (Fsp3) is 0.455. The smallest absolute Gasteiger partial charge is 0.413 e. The highest BCUT2D eigenvalue weighted by atomic mass is 16.6. The van der Waals surface area contributed by atoms with Crippen LogP contribution in [0.1, 0.15) is 19.3 Å². The summed E-state index contributed by atoms with van der Waals surface area (Å²) in [5, 5.41) is 4.19. The van der Waals surface area contributed by atoms with E-state index in [1.165, 1.54) is 0 Å². The zero-order valence-corrected chi connectivity index (χ0v) is 9.50. The molecule has 1 saturated heterocycles. The number of hydrazine groups is 1. The SMILES string of the molecule is NN1CCCCC1OC(=O)Nc1ccncc1. The van der Waals surface area contributed by atoms with Crippen LogP contribution in [0.25, 0.3) is 0 Å². The highest BCUT2D eigenvalue weighted by molar-refractivity contribution is 5.84. The lowest BCUT2D eigenvalue weighted by Gasteiger charge is -2.30. The summed E-state index contributed by atoms with van der Waals surface area (Å²) in [4.78, 5) is 15.5. The number of amides is 1. The summed E-state index contributed by atoms with van der Waals surface area (Å²) in [6.45, 7) is 0.757. The molecule has 6 nitrogen and oxygen atoms in total. The predicted molar refractivity (Wildman–Crippen MR) is 62.9 cm³/mol. The van der Waals surface area contributed by atoms with Crippen LogP contribution in [0.2, 0.25) is 0 Å². The lowest BCUT2D eigenvalue weighted by atomic mass is 10.1. The van der Waals surface area contributed by atoms with Gasteiger partial charge >= 0.3 is 6.09 Å². The molecule has 0 aromatic carbocycles. The minimum atomic E-state index is -0.487. The van der Waals surface area contributed by atoms with E-state index in [0.29, 0.717) is 5.69 Å². The number of ether oxygens (including phenoxy) is 1. The average molecular weight is 236 g/mol. The van der Waals surface area contributed by atoms with Gasteiger partial charge in [-0.2, -0.15) is 0 Å². The van der Waals surface area contributed by atoms with Crippen molar-refractivity contribution in [3.8, 4) is 0 Å². The molecule has 1 fully saturated rings. The molecule has 2 heterocycles. The highest BCUT2D eigenvalue weighted by Crippen LogP contribution is 2.15. The van der Waals surface area contributed by atoms with Gasteiger partial charge in [0.05, 0.1) is 0 Å². The average Bonchev–Trinajstić information content (AvgIpc) is 2.33. The van der Waals surface area contributed by atoms with E-state index in [1.807, 2.05) is 0 Å². The van der Waals surface area contributed by atoms with Crippen molar-refractivity contribution in [2.75, 3.05) is 11.9 Å². The van der Waals surface area contributed by atoms with Crippen LogP contribution in [0.5, 0.6) is 0 Å². The molecule has 0 bridgehead atoms. The van der Waals surface area contributed by atoms with Gasteiger partial charge in [-0.25, -0.2) is 9.80 Å². The van der Waals surface area contributed by atoms with E-state index in [1.54, 1.807) is 29.5 Å². The van der Waals surface area contributed by atoms with Gasteiger partial charge in [-0.3, -0.25) is 16.1 Å². The molecule has 0 radical (unpaired) electrons. The fourth-order valence-corrected chi connectivity index (χ4v) is 1.76. The maximum atomic E-state index is 11.6. The molecule has 0 aliphatic carbocycles. The molecule has 0 saturated carbocycles. The summed E-state index contributed by atoms with van der Waals surface area (Å²) in [5.41, 5.74) is 0.657. The zero-order valence-electron chi connectivity index (χ0n) is 9.50. The number of hydrogen-bond donors (Lipinski definition) is 2. The Balaban J connectivity index is 1.84. The summed E-state index contributed by atoms with van der Waals surface area (Å²) in [6, 6.07) is 3.39. The molecule has 2 rings (SSSR count). The third-order valence-electron chi connectivity index (χ3n) is 2.66. The number of carbonyl (C=O) groups excluding carboxylic acids is 1. The monoisotopic (exact) mass is 236 g/mol. The van der Waals surface area contributed by atoms with Crippen LogP contribution in [0.4, 0.5) is 10.5 Å². The number of nitrogens with zero attached hydrogens (tertiary/aromatic N) is 2. The number of rotatable bonds is 2. The van der Waals surface area contributed by atoms with E-state index in [0.717, 1.165) is 25.8 Å². The lowest BCUT2D eigenvalue weighted by Crippen LogP contribution is -2.47. The maximum Gasteiger partial charge on any atom is 0.413 e. The van der Waals surface area contributed by atoms with E-state index in [9.17, 15) is 4.79 Å². The van der Waals surface area contributed by atoms with Crippen LogP contribution < -0.4 is 11.2 Å². The molecule has 1 aliphatic heterocycles. The fourth-order valence-electron chi connectivity index (χ4n) is 1.76. The topological polar surface area (TPSA) is 80.5 Å². The summed E-state index contributed by atoms with van der Waals surface area (Å²) in [7, 11) is 0. The largest absolute Gasteiger partial charge is 0.429 e. The Morgan fingerprint density at radius 1 is 1.47 bits per heavy atom. The van der Waals surface area contributed by atoms with E-state index < -0.39 is 6.09 Å². The second-order valence-corrected chi connectivity index (χ2v) is 3.95. The van der Waals surface area contributed by atoms with Crippen molar-refractivity contribution in [1.82, 2.24) is 9.99 Å². The molecule has 3 N–H and O–H groups in total. The first-order valence-electron chi connectivity index (χ1n) is 5.65. The van der Waals surface area contributed by atoms with Crippen molar-refractivity contribution in [2.45, 2.75) is 25.5 Å². The molecule has 92 valence electrons. The summed E-state index contributed by atoms with van der Waals surface area (Å²) < 4.78 is 5.24. The van der Waals surface area contributed by atoms with Crippen molar-refractivity contribution in [2.24, 2.45) is 5.84 Å². The minimum absolute atomic E-state index is 0.328. The standard InChI is InChI=1S/C11H16N4O2/c12-15-8-2-1-3-10(15)17-11(16)14-9-4-6-13-7-5-9/h4-7,10H,1-3,8,12H2,(H,13,14,16). The van der Waals surface area contributed by atoms with Gasteiger partial charge in [-0.05, 0) is 31.4 Å². The van der Waals surface area contributed by atoms with Gasteiger partial charge in [0.15, 0.2) is 6.23 Å². The van der Waals surface area contributed by atoms with Crippen molar-refractivity contribution in [3.05, 3.63) is 24.5 Å². The Bertz CT molecular complexity index is 371. The van der Waals surface area contributed by atoms with Crippen LogP contribution in [-0.4, -0.2) is 28.9 Å². The summed E-state index contributed by atoms with van der Waals surface area (Å²) >= 11 is 0. The number of nitrogens with two attached hydrogens (primary N) is 1. The summed E-state index contributed by atoms with van der Waals surface area (Å²) in [6.07, 6.45) is 5.24. The van der Waals surface area contributed by atoms with Crippen LogP contribution in [0.15, 0.2) is 24.5 Å². The lowest BCUT2D eigenvalue weighted by molar-refractivity contribution is -0.0321. The van der Waals surface area contributed by atoms with Crippen molar-refractivity contribution in [3.63, 3.8) is 0 Å². The molecule has 1 atom stereocenters. The molecule has 6 heteroatoms. The van der Waals surface area contributed by atoms with Crippen LogP contribution in [0.3, 0.4) is 0 Å². The predicted octanol–water partition coefficient (Wildman–Crippen LogP) is 1.32. The van der Waals surface area contributed by atoms with E-state index >= 15 is 0 Å². The van der Waals surface area contributed by atoms with Gasteiger partial charge in [0.25, 0.3) is 0 Å². The van der Waals surface area contributed by atoms with E-state index in [-0.39, 0.29) is 6.23 Å². The van der Waals surface area contributed by atoms with Crippen LogP contribution in [0, 0.1) is 0 Å². The second-order valence-electron chi connectivity index (χ2n) is 3.95. The maximum absolute atomic E-state index is 11.6. The highest BCUT2D eigenvalue weighted by Gasteiger charge is 2.23. The minimum Gasteiger partial charge on any atom is -0.429 e. The van der Waals surface area contributed by atoms with Crippen molar-refractivity contribution >= 4 is 11.8 Å². The molecule has 1 unspecified atom stereocenters. The van der Waals surface area contributed by atoms with E-state index in [4.69, 9.17) is 10.6 Å². The normalized spacial score (nSPS) is 20.9. The van der Waals surface area contributed by atoms with Gasteiger partial charge in [0, 0.05) is 24.6 Å². The zero-order chi connectivity index (χ0) is 12.1. The Morgan fingerprint density at radius 2 is 2.24 bits per heavy atom. The van der Waals surface area contributed by atoms with Gasteiger partial charge < -0.3 is 4.74 Å². The number of hydrogen-bond acceptors (Lipinski definition) is 5. The number of carbonyl (C=O) groups is 1. The molecule has 1 aromatic rings. The van der Waals surface area contributed by atoms with Gasteiger partial charge in [0.1, 0.15) is 0 Å². The van der Waals surface area contributed by atoms with Gasteiger partial charge in [-0.1, -0.05) is 0 Å². The number of pyridine rings is 1. The Morgan fingerprint density at radius 3 is 2.94 bits per heavy atom. The Hall–Kier alpha value is -1.66. The first kappa shape index (κ1) is 11.8. The van der Waals surface area contributed by atoms with Crippen molar-refractivity contribution in [1.29, 1.82) is 0 Å². The quantitative estimate of drug-likeness (QED) is 0.757. The van der Waals surface area contributed by atoms with Gasteiger partial charge in [0.2, 0.25) is 0 Å². The van der Waals surface area contributed by atoms with Crippen LogP contribution in [-0.2, 0) is 4.74 Å². The number of piperidine rings is 1. The van der Waals surface area contributed by atoms with Crippen LogP contribution >= 0.6 is 0 Å². The molecular weight excluding hydrogens is 220 g/mol. The molecule has 17 heavy (non-hydrogen) atoms. The Labute approximate surface area is 99.7 Å². The first-order chi connectivity index (χ1) is 8.25. The Kier molecular flexibility index (Phi) is 3.89. The number of aromatic nitrogens is 1. The second kappa shape index (κ2) is 5.60. The molecule has 1 aliphatic rings. The molecule has 1 amide bonds. The molecule has 1 aromatic heterocycles. The first-order valence-corrected chi connectivity index (χ1v) is 5.65. The van der Waals surface area contributed by atoms with Crippen molar-refractivity contribution < 1.29 is 9.53 Å². The molecule has 0 spiro atoms. The number of anilines is 1. The third kappa shape index (κ3) is 3.40.